The van der Waals surface area contributed by atoms with E-state index in [-0.39, 0.29) is 30.9 Å². The number of urea groups is 1. The Bertz CT molecular complexity index is 427. The number of aliphatic hydroxyl groups is 1. The maximum atomic E-state index is 12.0. The molecule has 2 rings (SSSR count). The van der Waals surface area contributed by atoms with E-state index in [4.69, 9.17) is 0 Å². The second-order valence-corrected chi connectivity index (χ2v) is 5.87. The molecule has 0 aliphatic carbocycles. The van der Waals surface area contributed by atoms with Crippen molar-refractivity contribution in [2.24, 2.45) is 0 Å². The fraction of sp³-hybridized carbons (Fsp3) is 0.769. The number of nitrogens with one attached hydrogen (secondary N) is 1. The maximum Gasteiger partial charge on any atom is 0.325 e. The summed E-state index contributed by atoms with van der Waals surface area (Å²) in [5.74, 6) is -0.383. The highest BCUT2D eigenvalue weighted by Gasteiger charge is 2.44. The van der Waals surface area contributed by atoms with Crippen molar-refractivity contribution in [3.63, 3.8) is 0 Å². The third-order valence-corrected chi connectivity index (χ3v) is 3.81. The van der Waals surface area contributed by atoms with Crippen LogP contribution in [0, 0.1) is 0 Å². The SMILES string of the molecule is CC1(C)NC(=O)N(CCC(=O)N2CCC(O)CC2)C1=O. The van der Waals surface area contributed by atoms with Gasteiger partial charge in [-0.2, -0.15) is 0 Å². The number of rotatable bonds is 3. The van der Waals surface area contributed by atoms with Gasteiger partial charge in [0.2, 0.25) is 5.91 Å². The fourth-order valence-electron chi connectivity index (χ4n) is 2.50. The van der Waals surface area contributed by atoms with Crippen LogP contribution >= 0.6 is 0 Å². The third kappa shape index (κ3) is 2.92. The molecular weight excluding hydrogens is 262 g/mol. The van der Waals surface area contributed by atoms with E-state index in [0.29, 0.717) is 25.9 Å². The van der Waals surface area contributed by atoms with E-state index in [0.717, 1.165) is 4.90 Å². The van der Waals surface area contributed by atoms with E-state index in [1.165, 1.54) is 0 Å². The lowest BCUT2D eigenvalue weighted by Gasteiger charge is -2.30. The average Bonchev–Trinajstić information content (AvgIpc) is 2.57. The predicted molar refractivity (Wildman–Crippen MR) is 70.8 cm³/mol. The number of carbonyl (C=O) groups excluding carboxylic acids is 3. The lowest BCUT2D eigenvalue weighted by Crippen LogP contribution is -2.43. The minimum atomic E-state index is -0.893. The van der Waals surface area contributed by atoms with Crippen LogP contribution in [-0.4, -0.2) is 64.0 Å². The summed E-state index contributed by atoms with van der Waals surface area (Å²) in [6, 6.07) is -0.443. The topological polar surface area (TPSA) is 90.0 Å². The van der Waals surface area contributed by atoms with Gasteiger partial charge in [-0.15, -0.1) is 0 Å². The van der Waals surface area contributed by atoms with Gasteiger partial charge in [0.15, 0.2) is 0 Å². The van der Waals surface area contributed by atoms with Gasteiger partial charge in [-0.3, -0.25) is 14.5 Å². The number of aliphatic hydroxyl groups excluding tert-OH is 1. The summed E-state index contributed by atoms with van der Waals surface area (Å²) >= 11 is 0. The van der Waals surface area contributed by atoms with E-state index in [9.17, 15) is 19.5 Å². The summed E-state index contributed by atoms with van der Waals surface area (Å²) in [6.07, 6.45) is 0.973. The molecule has 112 valence electrons. The van der Waals surface area contributed by atoms with Gasteiger partial charge in [-0.05, 0) is 26.7 Å². The van der Waals surface area contributed by atoms with E-state index >= 15 is 0 Å². The van der Waals surface area contributed by atoms with Crippen molar-refractivity contribution in [3.8, 4) is 0 Å². The molecule has 2 saturated heterocycles. The minimum absolute atomic E-state index is 0.0813. The van der Waals surface area contributed by atoms with Gasteiger partial charge >= 0.3 is 6.03 Å². The Kier molecular flexibility index (Phi) is 3.99. The molecule has 0 spiro atoms. The zero-order chi connectivity index (χ0) is 14.9. The van der Waals surface area contributed by atoms with Crippen molar-refractivity contribution in [3.05, 3.63) is 0 Å². The zero-order valence-corrected chi connectivity index (χ0v) is 11.9. The highest BCUT2D eigenvalue weighted by Crippen LogP contribution is 2.17. The first kappa shape index (κ1) is 14.8. The van der Waals surface area contributed by atoms with Crippen LogP contribution < -0.4 is 5.32 Å². The Morgan fingerprint density at radius 1 is 1.35 bits per heavy atom. The maximum absolute atomic E-state index is 12.0. The Morgan fingerprint density at radius 2 is 1.95 bits per heavy atom. The van der Waals surface area contributed by atoms with Crippen LogP contribution in [0.5, 0.6) is 0 Å². The molecule has 0 unspecified atom stereocenters. The van der Waals surface area contributed by atoms with Crippen LogP contribution in [0.2, 0.25) is 0 Å². The van der Waals surface area contributed by atoms with Crippen LogP contribution in [0.1, 0.15) is 33.1 Å². The summed E-state index contributed by atoms with van der Waals surface area (Å²) in [4.78, 5) is 38.4. The third-order valence-electron chi connectivity index (χ3n) is 3.81. The molecule has 2 N–H and O–H groups in total. The number of imide groups is 1. The van der Waals surface area contributed by atoms with Crippen molar-refractivity contribution >= 4 is 17.8 Å². The summed E-state index contributed by atoms with van der Waals surface area (Å²) in [7, 11) is 0. The number of nitrogens with zero attached hydrogens (tertiary/aromatic N) is 2. The van der Waals surface area contributed by atoms with Crippen molar-refractivity contribution in [1.82, 2.24) is 15.1 Å². The van der Waals surface area contributed by atoms with Gasteiger partial charge in [0.05, 0.1) is 6.10 Å². The normalized spacial score (nSPS) is 23.1. The molecule has 0 aromatic rings. The van der Waals surface area contributed by atoms with Crippen LogP contribution in [-0.2, 0) is 9.59 Å². The van der Waals surface area contributed by atoms with Gasteiger partial charge in [0.1, 0.15) is 5.54 Å². The van der Waals surface area contributed by atoms with Crippen molar-refractivity contribution < 1.29 is 19.5 Å². The smallest absolute Gasteiger partial charge is 0.325 e. The lowest BCUT2D eigenvalue weighted by molar-refractivity contribution is -0.134. The number of hydrogen-bond donors (Lipinski definition) is 2. The Balaban J connectivity index is 1.85. The van der Waals surface area contributed by atoms with Crippen molar-refractivity contribution in [2.75, 3.05) is 19.6 Å². The Labute approximate surface area is 117 Å². The number of piperidine rings is 1. The molecule has 2 aliphatic rings. The first-order valence-electron chi connectivity index (χ1n) is 6.91. The summed E-state index contributed by atoms with van der Waals surface area (Å²) in [6.45, 7) is 4.45. The molecule has 0 atom stereocenters. The average molecular weight is 283 g/mol. The second kappa shape index (κ2) is 5.40. The molecular formula is C13H21N3O4. The van der Waals surface area contributed by atoms with Crippen LogP contribution in [0.4, 0.5) is 4.79 Å². The molecule has 7 nitrogen and oxygen atoms in total. The van der Waals surface area contributed by atoms with Crippen molar-refractivity contribution in [1.29, 1.82) is 0 Å². The number of likely N-dealkylation sites (tertiary alicyclic amines) is 1. The molecule has 2 aliphatic heterocycles. The van der Waals surface area contributed by atoms with Gasteiger partial charge in [0.25, 0.3) is 5.91 Å². The van der Waals surface area contributed by atoms with Crippen molar-refractivity contribution in [2.45, 2.75) is 44.8 Å². The Hall–Kier alpha value is -1.63. The molecule has 2 fully saturated rings. The zero-order valence-electron chi connectivity index (χ0n) is 11.9. The van der Waals surface area contributed by atoms with E-state index in [1.807, 2.05) is 0 Å². The number of hydrogen-bond acceptors (Lipinski definition) is 4. The largest absolute Gasteiger partial charge is 0.393 e. The standard InChI is InChI=1S/C13H21N3O4/c1-13(2)11(19)16(12(20)14-13)8-5-10(18)15-6-3-9(17)4-7-15/h9,17H,3-8H2,1-2H3,(H,14,20). The highest BCUT2D eigenvalue weighted by atomic mass is 16.3. The van der Waals surface area contributed by atoms with Gasteiger partial charge < -0.3 is 15.3 Å². The van der Waals surface area contributed by atoms with Crippen LogP contribution in [0.25, 0.3) is 0 Å². The highest BCUT2D eigenvalue weighted by molar-refractivity contribution is 6.06. The van der Waals surface area contributed by atoms with E-state index in [1.54, 1.807) is 18.7 Å². The van der Waals surface area contributed by atoms with Crippen LogP contribution in [0.15, 0.2) is 0 Å². The molecule has 0 aromatic heterocycles. The first-order valence-corrected chi connectivity index (χ1v) is 6.91. The summed E-state index contributed by atoms with van der Waals surface area (Å²) in [5.41, 5.74) is -0.893. The van der Waals surface area contributed by atoms with Gasteiger partial charge in [-0.25, -0.2) is 4.79 Å². The fourth-order valence-corrected chi connectivity index (χ4v) is 2.50. The molecule has 0 aromatic carbocycles. The second-order valence-electron chi connectivity index (χ2n) is 5.87. The first-order chi connectivity index (χ1) is 9.31. The molecule has 7 heteroatoms. The summed E-state index contributed by atoms with van der Waals surface area (Å²) in [5, 5.41) is 12.0. The number of carbonyl (C=O) groups is 3. The minimum Gasteiger partial charge on any atom is -0.393 e. The molecule has 20 heavy (non-hydrogen) atoms. The molecule has 4 amide bonds. The summed E-state index contributed by atoms with van der Waals surface area (Å²) < 4.78 is 0. The molecule has 2 heterocycles. The number of amides is 4. The van der Waals surface area contributed by atoms with Gasteiger partial charge in [-0.1, -0.05) is 0 Å². The molecule has 0 saturated carbocycles. The van der Waals surface area contributed by atoms with Crippen LogP contribution in [0.3, 0.4) is 0 Å². The lowest BCUT2D eigenvalue weighted by atomic mass is 10.1. The van der Waals surface area contributed by atoms with E-state index in [2.05, 4.69) is 5.32 Å². The monoisotopic (exact) mass is 283 g/mol. The van der Waals surface area contributed by atoms with Gasteiger partial charge in [0, 0.05) is 26.1 Å². The molecule has 0 bridgehead atoms. The molecule has 0 radical (unpaired) electrons. The quantitative estimate of drug-likeness (QED) is 0.695. The predicted octanol–water partition coefficient (Wildman–Crippen LogP) is -0.310. The Morgan fingerprint density at radius 3 is 2.45 bits per heavy atom. The van der Waals surface area contributed by atoms with E-state index < -0.39 is 11.6 Å².